The number of hydrogen-bond donors (Lipinski definition) is 1. The van der Waals surface area contributed by atoms with Crippen molar-refractivity contribution in [3.05, 3.63) is 29.3 Å². The van der Waals surface area contributed by atoms with Crippen LogP contribution in [0.4, 0.5) is 0 Å². The average Bonchev–Trinajstić information content (AvgIpc) is 2.38. The van der Waals surface area contributed by atoms with Crippen molar-refractivity contribution in [3.63, 3.8) is 0 Å². The van der Waals surface area contributed by atoms with Crippen molar-refractivity contribution in [2.75, 3.05) is 0 Å². The summed E-state index contributed by atoms with van der Waals surface area (Å²) in [6.45, 7) is 3.90. The average molecular weight is 292 g/mol. The summed E-state index contributed by atoms with van der Waals surface area (Å²) in [4.78, 5) is 0.217. The highest BCUT2D eigenvalue weighted by Crippen LogP contribution is 2.25. The van der Waals surface area contributed by atoms with Crippen LogP contribution in [-0.4, -0.2) is 14.5 Å². The molecule has 2 atom stereocenters. The maximum Gasteiger partial charge on any atom is 0.241 e. The van der Waals surface area contributed by atoms with Crippen LogP contribution in [0.3, 0.4) is 0 Å². The SMILES string of the molecule is Cc1ccc(C#N)cc1S(=O)(=O)NC1CCCC(C)C1. The van der Waals surface area contributed by atoms with Crippen LogP contribution >= 0.6 is 0 Å². The Morgan fingerprint density at radius 1 is 1.35 bits per heavy atom. The largest absolute Gasteiger partial charge is 0.241 e. The lowest BCUT2D eigenvalue weighted by Crippen LogP contribution is -2.38. The van der Waals surface area contributed by atoms with Crippen LogP contribution in [0.25, 0.3) is 0 Å². The van der Waals surface area contributed by atoms with E-state index >= 15 is 0 Å². The lowest BCUT2D eigenvalue weighted by molar-refractivity contribution is 0.327. The van der Waals surface area contributed by atoms with Crippen LogP contribution in [0.15, 0.2) is 23.1 Å². The molecule has 1 aromatic carbocycles. The number of aryl methyl sites for hydroxylation is 1. The molecule has 2 rings (SSSR count). The maximum absolute atomic E-state index is 12.5. The van der Waals surface area contributed by atoms with Crippen molar-refractivity contribution in [1.29, 1.82) is 5.26 Å². The van der Waals surface area contributed by atoms with Crippen LogP contribution < -0.4 is 4.72 Å². The second-order valence-electron chi connectivity index (χ2n) is 5.68. The number of sulfonamides is 1. The third-order valence-corrected chi connectivity index (χ3v) is 5.53. The molecule has 0 spiro atoms. The molecular weight excluding hydrogens is 272 g/mol. The van der Waals surface area contributed by atoms with Gasteiger partial charge in [-0.1, -0.05) is 25.8 Å². The minimum atomic E-state index is -3.55. The summed E-state index contributed by atoms with van der Waals surface area (Å²) in [7, 11) is -3.55. The minimum Gasteiger partial charge on any atom is -0.208 e. The first-order valence-electron chi connectivity index (χ1n) is 6.95. The zero-order chi connectivity index (χ0) is 14.8. The number of rotatable bonds is 3. The standard InChI is InChI=1S/C15H20N2O2S/c1-11-4-3-5-14(8-11)17-20(18,19)15-9-13(10-16)7-6-12(15)2/h6-7,9,11,14,17H,3-5,8H2,1-2H3. The van der Waals surface area contributed by atoms with Crippen molar-refractivity contribution in [3.8, 4) is 6.07 Å². The highest BCUT2D eigenvalue weighted by Gasteiger charge is 2.25. The second kappa shape index (κ2) is 5.94. The Bertz CT molecular complexity index is 632. The smallest absolute Gasteiger partial charge is 0.208 e. The summed E-state index contributed by atoms with van der Waals surface area (Å²) in [6, 6.07) is 6.75. The molecule has 0 bridgehead atoms. The topological polar surface area (TPSA) is 70.0 Å². The molecule has 1 aliphatic carbocycles. The molecule has 0 aliphatic heterocycles. The maximum atomic E-state index is 12.5. The Morgan fingerprint density at radius 2 is 2.10 bits per heavy atom. The number of hydrogen-bond acceptors (Lipinski definition) is 3. The molecule has 1 aromatic rings. The van der Waals surface area contributed by atoms with Gasteiger partial charge in [-0.25, -0.2) is 13.1 Å². The molecule has 5 heteroatoms. The summed E-state index contributed by atoms with van der Waals surface area (Å²) < 4.78 is 27.7. The van der Waals surface area contributed by atoms with Crippen molar-refractivity contribution in [2.24, 2.45) is 5.92 Å². The van der Waals surface area contributed by atoms with E-state index in [2.05, 4.69) is 11.6 Å². The van der Waals surface area contributed by atoms with Gasteiger partial charge in [0.1, 0.15) is 0 Å². The Balaban J connectivity index is 2.24. The summed E-state index contributed by atoms with van der Waals surface area (Å²) in [6.07, 6.45) is 4.00. The van der Waals surface area contributed by atoms with E-state index in [1.165, 1.54) is 12.5 Å². The van der Waals surface area contributed by atoms with E-state index in [9.17, 15) is 8.42 Å². The van der Waals surface area contributed by atoms with Crippen LogP contribution in [0.2, 0.25) is 0 Å². The van der Waals surface area contributed by atoms with Gasteiger partial charge in [0.15, 0.2) is 0 Å². The van der Waals surface area contributed by atoms with Gasteiger partial charge in [0, 0.05) is 6.04 Å². The van der Waals surface area contributed by atoms with Crippen molar-refractivity contribution >= 4 is 10.0 Å². The van der Waals surface area contributed by atoms with Gasteiger partial charge in [-0.2, -0.15) is 5.26 Å². The zero-order valence-electron chi connectivity index (χ0n) is 11.9. The van der Waals surface area contributed by atoms with E-state index < -0.39 is 10.0 Å². The Labute approximate surface area is 120 Å². The van der Waals surface area contributed by atoms with Gasteiger partial charge in [-0.15, -0.1) is 0 Å². The summed E-state index contributed by atoms with van der Waals surface area (Å²) in [5.41, 5.74) is 1.04. The molecule has 0 saturated heterocycles. The number of nitrogens with one attached hydrogen (secondary N) is 1. The highest BCUT2D eigenvalue weighted by atomic mass is 32.2. The van der Waals surface area contributed by atoms with Gasteiger partial charge < -0.3 is 0 Å². The monoisotopic (exact) mass is 292 g/mol. The molecule has 1 aliphatic rings. The molecule has 0 aromatic heterocycles. The second-order valence-corrected chi connectivity index (χ2v) is 7.36. The molecule has 0 radical (unpaired) electrons. The van der Waals surface area contributed by atoms with Crippen molar-refractivity contribution in [2.45, 2.75) is 50.5 Å². The molecular formula is C15H20N2O2S. The number of benzene rings is 1. The summed E-state index contributed by atoms with van der Waals surface area (Å²) >= 11 is 0. The van der Waals surface area contributed by atoms with Crippen LogP contribution in [0, 0.1) is 24.2 Å². The van der Waals surface area contributed by atoms with E-state index in [1.54, 1.807) is 19.1 Å². The normalized spacial score (nSPS) is 23.2. The Kier molecular flexibility index (Phi) is 4.46. The van der Waals surface area contributed by atoms with Crippen molar-refractivity contribution < 1.29 is 8.42 Å². The van der Waals surface area contributed by atoms with Crippen molar-refractivity contribution in [1.82, 2.24) is 4.72 Å². The van der Waals surface area contributed by atoms with Gasteiger partial charge in [0.05, 0.1) is 16.5 Å². The predicted molar refractivity (Wildman–Crippen MR) is 77.6 cm³/mol. The number of nitrogens with zero attached hydrogens (tertiary/aromatic N) is 1. The van der Waals surface area contributed by atoms with E-state index in [0.29, 0.717) is 17.0 Å². The van der Waals surface area contributed by atoms with E-state index in [4.69, 9.17) is 5.26 Å². The first-order valence-corrected chi connectivity index (χ1v) is 8.44. The Hall–Kier alpha value is -1.38. The predicted octanol–water partition coefficient (Wildman–Crippen LogP) is 2.72. The van der Waals surface area contributed by atoms with Gasteiger partial charge in [-0.05, 0) is 43.4 Å². The molecule has 0 heterocycles. The van der Waals surface area contributed by atoms with Gasteiger partial charge in [-0.3, -0.25) is 0 Å². The lowest BCUT2D eigenvalue weighted by Gasteiger charge is -2.27. The highest BCUT2D eigenvalue weighted by molar-refractivity contribution is 7.89. The Morgan fingerprint density at radius 3 is 2.75 bits per heavy atom. The quantitative estimate of drug-likeness (QED) is 0.931. The first kappa shape index (κ1) is 15.0. The zero-order valence-corrected chi connectivity index (χ0v) is 12.7. The van der Waals surface area contributed by atoms with Gasteiger partial charge >= 0.3 is 0 Å². The molecule has 1 fully saturated rings. The molecule has 20 heavy (non-hydrogen) atoms. The van der Waals surface area contributed by atoms with E-state index in [1.807, 2.05) is 6.07 Å². The molecule has 0 amide bonds. The molecule has 4 nitrogen and oxygen atoms in total. The fraction of sp³-hybridized carbons (Fsp3) is 0.533. The first-order chi connectivity index (χ1) is 9.42. The fourth-order valence-electron chi connectivity index (χ4n) is 2.78. The van der Waals surface area contributed by atoms with Gasteiger partial charge in [0.2, 0.25) is 10.0 Å². The molecule has 1 N–H and O–H groups in total. The van der Waals surface area contributed by atoms with E-state index in [0.717, 1.165) is 19.3 Å². The fourth-order valence-corrected chi connectivity index (χ4v) is 4.34. The van der Waals surface area contributed by atoms with Crippen LogP contribution in [0.5, 0.6) is 0 Å². The number of nitriles is 1. The van der Waals surface area contributed by atoms with Gasteiger partial charge in [0.25, 0.3) is 0 Å². The summed E-state index contributed by atoms with van der Waals surface area (Å²) in [5, 5.41) is 8.91. The third-order valence-electron chi connectivity index (χ3n) is 3.86. The minimum absolute atomic E-state index is 0.00823. The van der Waals surface area contributed by atoms with Crippen LogP contribution in [0.1, 0.15) is 43.7 Å². The molecule has 2 unspecified atom stereocenters. The molecule has 108 valence electrons. The van der Waals surface area contributed by atoms with E-state index in [-0.39, 0.29) is 10.9 Å². The molecule has 1 saturated carbocycles. The lowest BCUT2D eigenvalue weighted by atomic mass is 9.88. The van der Waals surface area contributed by atoms with Crippen LogP contribution in [-0.2, 0) is 10.0 Å². The third kappa shape index (κ3) is 3.38. The summed E-state index contributed by atoms with van der Waals surface area (Å²) in [5.74, 6) is 0.558.